The number of carbonyl (C=O) groups is 2. The number of hydrogen-bond acceptors (Lipinski definition) is 5. The Labute approximate surface area is 157 Å². The van der Waals surface area contributed by atoms with Gasteiger partial charge in [-0.25, -0.2) is 0 Å². The summed E-state index contributed by atoms with van der Waals surface area (Å²) in [5.74, 6) is 0.432. The van der Waals surface area contributed by atoms with Crippen LogP contribution in [0, 0.1) is 5.92 Å². The molecule has 1 fully saturated rings. The highest BCUT2D eigenvalue weighted by Crippen LogP contribution is 2.38. The lowest BCUT2D eigenvalue weighted by molar-refractivity contribution is -0.129. The van der Waals surface area contributed by atoms with Gasteiger partial charge in [-0.3, -0.25) is 9.59 Å². The number of nitrogens with two attached hydrogens (primary N) is 1. The summed E-state index contributed by atoms with van der Waals surface area (Å²) in [5, 5.41) is 2.82. The first kappa shape index (κ1) is 17.2. The zero-order valence-corrected chi connectivity index (χ0v) is 15.0. The third kappa shape index (κ3) is 3.28. The van der Waals surface area contributed by atoms with E-state index >= 15 is 0 Å². The van der Waals surface area contributed by atoms with Gasteiger partial charge in [-0.1, -0.05) is 30.3 Å². The van der Waals surface area contributed by atoms with Crippen LogP contribution in [0.25, 0.3) is 0 Å². The smallest absolute Gasteiger partial charge is 0.231 e. The number of nitrogens with one attached hydrogen (secondary N) is 1. The summed E-state index contributed by atoms with van der Waals surface area (Å²) in [6.07, 6.45) is 0.188. The van der Waals surface area contributed by atoms with Crippen LogP contribution >= 0.6 is 0 Å². The van der Waals surface area contributed by atoms with Crippen molar-refractivity contribution in [2.45, 2.75) is 19.4 Å². The molecule has 7 heteroatoms. The summed E-state index contributed by atoms with van der Waals surface area (Å²) in [6.45, 7) is 2.49. The van der Waals surface area contributed by atoms with E-state index in [0.29, 0.717) is 29.4 Å². The second-order valence-corrected chi connectivity index (χ2v) is 6.82. The Bertz CT molecular complexity index is 884. The van der Waals surface area contributed by atoms with Crippen LogP contribution in [0.5, 0.6) is 11.5 Å². The minimum absolute atomic E-state index is 0.0230. The second-order valence-electron chi connectivity index (χ2n) is 6.82. The maximum absolute atomic E-state index is 12.7. The molecule has 2 aliphatic heterocycles. The van der Waals surface area contributed by atoms with E-state index < -0.39 is 5.92 Å². The standard InChI is InChI=1S/C20H21N3O4/c1-12(13-5-3-2-4-6-13)23-10-14(7-19(23)24)20(25)22-16-9-18-17(8-15(16)21)26-11-27-18/h2-6,8-9,12,14H,7,10-11,21H2,1H3,(H,22,25). The summed E-state index contributed by atoms with van der Waals surface area (Å²) in [4.78, 5) is 26.9. The lowest BCUT2D eigenvalue weighted by Crippen LogP contribution is -2.30. The van der Waals surface area contributed by atoms with Crippen LogP contribution in [-0.4, -0.2) is 30.1 Å². The molecule has 2 heterocycles. The van der Waals surface area contributed by atoms with E-state index in [1.54, 1.807) is 17.0 Å². The number of hydrogen-bond donors (Lipinski definition) is 2. The molecule has 140 valence electrons. The average Bonchev–Trinajstić information content (AvgIpc) is 3.28. The first-order chi connectivity index (χ1) is 13.0. The molecule has 0 saturated carbocycles. The number of nitrogens with zero attached hydrogens (tertiary/aromatic N) is 1. The zero-order chi connectivity index (χ0) is 19.0. The largest absolute Gasteiger partial charge is 0.454 e. The first-order valence-corrected chi connectivity index (χ1v) is 8.87. The first-order valence-electron chi connectivity index (χ1n) is 8.87. The van der Waals surface area contributed by atoms with Crippen LogP contribution < -0.4 is 20.5 Å². The van der Waals surface area contributed by atoms with E-state index in [4.69, 9.17) is 15.2 Å². The van der Waals surface area contributed by atoms with Crippen LogP contribution in [0.15, 0.2) is 42.5 Å². The van der Waals surface area contributed by atoms with Crippen molar-refractivity contribution in [3.8, 4) is 11.5 Å². The number of benzene rings is 2. The molecule has 7 nitrogen and oxygen atoms in total. The molecule has 2 aliphatic rings. The quantitative estimate of drug-likeness (QED) is 0.810. The summed E-state index contributed by atoms with van der Waals surface area (Å²) in [6, 6.07) is 13.0. The predicted molar refractivity (Wildman–Crippen MR) is 100 cm³/mol. The Kier molecular flexibility index (Phi) is 4.35. The molecule has 1 saturated heterocycles. The number of amides is 2. The van der Waals surface area contributed by atoms with Gasteiger partial charge in [0.1, 0.15) is 0 Å². The number of likely N-dealkylation sites (tertiary alicyclic amines) is 1. The van der Waals surface area contributed by atoms with Crippen LogP contribution in [0.2, 0.25) is 0 Å². The van der Waals surface area contributed by atoms with Crippen molar-refractivity contribution in [2.24, 2.45) is 5.92 Å². The maximum atomic E-state index is 12.7. The summed E-state index contributed by atoms with van der Waals surface area (Å²) in [7, 11) is 0. The minimum Gasteiger partial charge on any atom is -0.454 e. The van der Waals surface area contributed by atoms with E-state index in [9.17, 15) is 9.59 Å². The predicted octanol–water partition coefficient (Wildman–Crippen LogP) is 2.55. The number of carbonyl (C=O) groups excluding carboxylic acids is 2. The fraction of sp³-hybridized carbons (Fsp3) is 0.300. The molecule has 0 radical (unpaired) electrons. The number of ether oxygens (including phenoxy) is 2. The van der Waals surface area contributed by atoms with Crippen molar-refractivity contribution < 1.29 is 19.1 Å². The van der Waals surface area contributed by atoms with Gasteiger partial charge in [0.05, 0.1) is 23.3 Å². The van der Waals surface area contributed by atoms with Crippen molar-refractivity contribution in [2.75, 3.05) is 24.4 Å². The van der Waals surface area contributed by atoms with Gasteiger partial charge in [0.2, 0.25) is 18.6 Å². The fourth-order valence-electron chi connectivity index (χ4n) is 3.49. The second kappa shape index (κ2) is 6.83. The Morgan fingerprint density at radius 1 is 1.22 bits per heavy atom. The molecule has 27 heavy (non-hydrogen) atoms. The monoisotopic (exact) mass is 367 g/mol. The van der Waals surface area contributed by atoms with Gasteiger partial charge in [-0.15, -0.1) is 0 Å². The summed E-state index contributed by atoms with van der Waals surface area (Å²) >= 11 is 0. The SMILES string of the molecule is CC(c1ccccc1)N1CC(C(=O)Nc2cc3c(cc2N)OCO3)CC1=O. The Balaban J connectivity index is 1.45. The molecular weight excluding hydrogens is 346 g/mol. The third-order valence-corrected chi connectivity index (χ3v) is 5.08. The molecule has 2 amide bonds. The molecule has 0 spiro atoms. The topological polar surface area (TPSA) is 93.9 Å². The fourth-order valence-corrected chi connectivity index (χ4v) is 3.49. The van der Waals surface area contributed by atoms with Crippen LogP contribution in [-0.2, 0) is 9.59 Å². The van der Waals surface area contributed by atoms with Gasteiger partial charge in [0.25, 0.3) is 0 Å². The van der Waals surface area contributed by atoms with Gasteiger partial charge in [0, 0.05) is 25.1 Å². The van der Waals surface area contributed by atoms with Gasteiger partial charge in [-0.2, -0.15) is 0 Å². The van der Waals surface area contributed by atoms with E-state index in [-0.39, 0.29) is 31.1 Å². The van der Waals surface area contributed by atoms with Crippen molar-refractivity contribution in [3.63, 3.8) is 0 Å². The van der Waals surface area contributed by atoms with Gasteiger partial charge in [-0.05, 0) is 12.5 Å². The highest BCUT2D eigenvalue weighted by Gasteiger charge is 2.37. The Morgan fingerprint density at radius 3 is 2.67 bits per heavy atom. The molecule has 0 aliphatic carbocycles. The molecule has 2 unspecified atom stereocenters. The van der Waals surface area contributed by atoms with Gasteiger partial charge < -0.3 is 25.4 Å². The molecule has 0 aromatic heterocycles. The van der Waals surface area contributed by atoms with E-state index in [2.05, 4.69) is 5.32 Å². The third-order valence-electron chi connectivity index (χ3n) is 5.08. The minimum atomic E-state index is -0.423. The summed E-state index contributed by atoms with van der Waals surface area (Å²) < 4.78 is 10.6. The van der Waals surface area contributed by atoms with Crippen LogP contribution in [0.1, 0.15) is 24.9 Å². The normalized spacial score (nSPS) is 19.2. The highest BCUT2D eigenvalue weighted by molar-refractivity contribution is 5.99. The van der Waals surface area contributed by atoms with E-state index in [0.717, 1.165) is 5.56 Å². The Hall–Kier alpha value is -3.22. The summed E-state index contributed by atoms with van der Waals surface area (Å²) in [5.41, 5.74) is 7.90. The molecule has 2 aromatic carbocycles. The van der Waals surface area contributed by atoms with Crippen LogP contribution in [0.3, 0.4) is 0 Å². The maximum Gasteiger partial charge on any atom is 0.231 e. The van der Waals surface area contributed by atoms with Crippen molar-refractivity contribution >= 4 is 23.2 Å². The van der Waals surface area contributed by atoms with E-state index in [1.165, 1.54) is 0 Å². The highest BCUT2D eigenvalue weighted by atomic mass is 16.7. The molecule has 0 bridgehead atoms. The van der Waals surface area contributed by atoms with Gasteiger partial charge in [0.15, 0.2) is 11.5 Å². The molecule has 2 atom stereocenters. The zero-order valence-electron chi connectivity index (χ0n) is 15.0. The van der Waals surface area contributed by atoms with Gasteiger partial charge >= 0.3 is 0 Å². The van der Waals surface area contributed by atoms with E-state index in [1.807, 2.05) is 37.3 Å². The molecule has 4 rings (SSSR count). The Morgan fingerprint density at radius 2 is 1.93 bits per heavy atom. The number of anilines is 2. The van der Waals surface area contributed by atoms with Crippen LogP contribution in [0.4, 0.5) is 11.4 Å². The molecule has 3 N–H and O–H groups in total. The number of rotatable bonds is 4. The number of fused-ring (bicyclic) bond motifs is 1. The molecular formula is C20H21N3O4. The van der Waals surface area contributed by atoms with Crippen molar-refractivity contribution in [3.05, 3.63) is 48.0 Å². The molecule has 2 aromatic rings. The average molecular weight is 367 g/mol. The van der Waals surface area contributed by atoms with Crippen molar-refractivity contribution in [1.29, 1.82) is 0 Å². The lowest BCUT2D eigenvalue weighted by atomic mass is 10.1. The van der Waals surface area contributed by atoms with Crippen molar-refractivity contribution in [1.82, 2.24) is 4.90 Å². The number of nitrogen functional groups attached to an aromatic ring is 1. The lowest BCUT2D eigenvalue weighted by Gasteiger charge is -2.25.